The molecule has 1 aromatic heterocycles. The largest absolute Gasteiger partial charge is 0.395 e. The fourth-order valence-corrected chi connectivity index (χ4v) is 3.51. The van der Waals surface area contributed by atoms with E-state index in [-0.39, 0.29) is 12.4 Å². The van der Waals surface area contributed by atoms with Gasteiger partial charge in [-0.15, -0.1) is 11.8 Å². The van der Waals surface area contributed by atoms with Gasteiger partial charge in [-0.2, -0.15) is 0 Å². The number of carbonyl (C=O) groups excluding carboxylic acids is 1. The molecule has 0 atom stereocenters. The van der Waals surface area contributed by atoms with Gasteiger partial charge in [-0.1, -0.05) is 11.3 Å². The third-order valence-corrected chi connectivity index (χ3v) is 5.12. The lowest BCUT2D eigenvalue weighted by Gasteiger charge is -2.03. The summed E-state index contributed by atoms with van der Waals surface area (Å²) in [5, 5.41) is 9.21. The number of thiazole rings is 1. The monoisotopic (exact) mass is 322 g/mol. The van der Waals surface area contributed by atoms with E-state index < -0.39 is 0 Å². The Kier molecular flexibility index (Phi) is 5.39. The standard InChI is InChI=1S/C15H18N2O2S2/c1-10-14(11(2)19)21-15(17(10)8-9-18)16-12-4-6-13(20-3)7-5-12/h4-7,18H,8-9H2,1-3H3/b16-15-. The normalized spacial score (nSPS) is 11.9. The first-order valence-electron chi connectivity index (χ1n) is 6.57. The number of hydrogen-bond acceptors (Lipinski definition) is 5. The van der Waals surface area contributed by atoms with E-state index in [1.165, 1.54) is 16.2 Å². The van der Waals surface area contributed by atoms with Crippen molar-refractivity contribution in [3.8, 4) is 0 Å². The molecule has 0 saturated carbocycles. The molecule has 0 fully saturated rings. The highest BCUT2D eigenvalue weighted by molar-refractivity contribution is 7.98. The Morgan fingerprint density at radius 2 is 2.05 bits per heavy atom. The summed E-state index contributed by atoms with van der Waals surface area (Å²) >= 11 is 3.05. The molecule has 112 valence electrons. The molecule has 2 aromatic rings. The second kappa shape index (κ2) is 7.06. The molecule has 1 aromatic carbocycles. The van der Waals surface area contributed by atoms with Crippen LogP contribution in [0.2, 0.25) is 0 Å². The Bertz CT molecular complexity index is 699. The Morgan fingerprint density at radius 3 is 2.57 bits per heavy atom. The van der Waals surface area contributed by atoms with E-state index >= 15 is 0 Å². The molecule has 0 spiro atoms. The summed E-state index contributed by atoms with van der Waals surface area (Å²) < 4.78 is 1.89. The zero-order valence-electron chi connectivity index (χ0n) is 12.3. The molecule has 6 heteroatoms. The van der Waals surface area contributed by atoms with Crippen LogP contribution in [0.3, 0.4) is 0 Å². The van der Waals surface area contributed by atoms with Crippen LogP contribution < -0.4 is 4.80 Å². The Labute approximate surface area is 132 Å². The predicted molar refractivity (Wildman–Crippen MR) is 87.6 cm³/mol. The fraction of sp³-hybridized carbons (Fsp3) is 0.333. The van der Waals surface area contributed by atoms with Gasteiger partial charge in [0.15, 0.2) is 10.6 Å². The highest BCUT2D eigenvalue weighted by Crippen LogP contribution is 2.20. The van der Waals surface area contributed by atoms with Crippen LogP contribution in [0.25, 0.3) is 0 Å². The summed E-state index contributed by atoms with van der Waals surface area (Å²) in [5.74, 6) is 0.0309. The molecule has 0 aliphatic heterocycles. The summed E-state index contributed by atoms with van der Waals surface area (Å²) in [7, 11) is 0. The lowest BCUT2D eigenvalue weighted by molar-refractivity contribution is 0.102. The number of carbonyl (C=O) groups is 1. The van der Waals surface area contributed by atoms with Crippen LogP contribution in [0.4, 0.5) is 5.69 Å². The molecule has 0 aliphatic rings. The lowest BCUT2D eigenvalue weighted by Crippen LogP contribution is -2.18. The Balaban J connectivity index is 2.52. The van der Waals surface area contributed by atoms with E-state index in [4.69, 9.17) is 0 Å². The van der Waals surface area contributed by atoms with E-state index in [1.807, 2.05) is 42.0 Å². The van der Waals surface area contributed by atoms with E-state index in [0.29, 0.717) is 11.4 Å². The van der Waals surface area contributed by atoms with E-state index in [9.17, 15) is 9.90 Å². The molecule has 0 amide bonds. The van der Waals surface area contributed by atoms with Crippen molar-refractivity contribution in [2.24, 2.45) is 4.99 Å². The van der Waals surface area contributed by atoms with Gasteiger partial charge in [-0.05, 0) is 37.4 Å². The van der Waals surface area contributed by atoms with Crippen LogP contribution in [-0.4, -0.2) is 28.3 Å². The number of aliphatic hydroxyl groups excluding tert-OH is 1. The zero-order valence-corrected chi connectivity index (χ0v) is 13.9. The molecule has 0 saturated heterocycles. The molecule has 2 rings (SSSR count). The van der Waals surface area contributed by atoms with Crippen molar-refractivity contribution in [1.29, 1.82) is 0 Å². The summed E-state index contributed by atoms with van der Waals surface area (Å²) in [6.07, 6.45) is 2.03. The summed E-state index contributed by atoms with van der Waals surface area (Å²) in [6, 6.07) is 7.95. The summed E-state index contributed by atoms with van der Waals surface area (Å²) in [5.41, 5.74) is 1.71. The minimum Gasteiger partial charge on any atom is -0.395 e. The molecule has 1 heterocycles. The molecule has 4 nitrogen and oxygen atoms in total. The first kappa shape index (κ1) is 16.0. The minimum absolute atomic E-state index is 0.0213. The number of Topliss-reactive ketones (excluding diaryl/α,β-unsaturated/α-hetero) is 1. The highest BCUT2D eigenvalue weighted by atomic mass is 32.2. The van der Waals surface area contributed by atoms with E-state index in [2.05, 4.69) is 4.99 Å². The van der Waals surface area contributed by atoms with Crippen molar-refractivity contribution in [2.45, 2.75) is 25.3 Å². The van der Waals surface area contributed by atoms with Crippen LogP contribution in [0.5, 0.6) is 0 Å². The number of ketones is 1. The van der Waals surface area contributed by atoms with Crippen molar-refractivity contribution >= 4 is 34.6 Å². The SMILES string of the molecule is CSc1ccc(/N=c2\sc(C(C)=O)c(C)n2CCO)cc1. The van der Waals surface area contributed by atoms with Gasteiger partial charge in [-0.25, -0.2) is 4.99 Å². The van der Waals surface area contributed by atoms with Crippen LogP contribution in [0.1, 0.15) is 22.3 Å². The van der Waals surface area contributed by atoms with Crippen molar-refractivity contribution in [1.82, 2.24) is 4.57 Å². The maximum atomic E-state index is 11.7. The fourth-order valence-electron chi connectivity index (χ4n) is 2.03. The lowest BCUT2D eigenvalue weighted by atomic mass is 10.3. The first-order chi connectivity index (χ1) is 10.1. The van der Waals surface area contributed by atoms with E-state index in [1.54, 1.807) is 18.7 Å². The first-order valence-corrected chi connectivity index (χ1v) is 8.61. The molecule has 1 N–H and O–H groups in total. The smallest absolute Gasteiger partial charge is 0.190 e. The molecule has 0 unspecified atom stereocenters. The van der Waals surface area contributed by atoms with Gasteiger partial charge in [0.1, 0.15) is 0 Å². The van der Waals surface area contributed by atoms with Crippen molar-refractivity contribution in [2.75, 3.05) is 12.9 Å². The number of aromatic nitrogens is 1. The number of nitrogens with zero attached hydrogens (tertiary/aromatic N) is 2. The van der Waals surface area contributed by atoms with Crippen molar-refractivity contribution < 1.29 is 9.90 Å². The molecule has 21 heavy (non-hydrogen) atoms. The molecular formula is C15H18N2O2S2. The second-order valence-corrected chi connectivity index (χ2v) is 6.40. The minimum atomic E-state index is 0.0213. The number of aliphatic hydroxyl groups is 1. The van der Waals surface area contributed by atoms with Crippen molar-refractivity contribution in [3.05, 3.63) is 39.6 Å². The summed E-state index contributed by atoms with van der Waals surface area (Å²) in [4.78, 5) is 18.9. The third-order valence-electron chi connectivity index (χ3n) is 3.10. The molecular weight excluding hydrogens is 304 g/mol. The van der Waals surface area contributed by atoms with Crippen LogP contribution in [0, 0.1) is 6.92 Å². The number of hydrogen-bond donors (Lipinski definition) is 1. The predicted octanol–water partition coefficient (Wildman–Crippen LogP) is 3.01. The third kappa shape index (κ3) is 3.64. The number of benzene rings is 1. The molecule has 0 bridgehead atoms. The van der Waals surface area contributed by atoms with Crippen molar-refractivity contribution in [3.63, 3.8) is 0 Å². The van der Waals surface area contributed by atoms with Gasteiger partial charge >= 0.3 is 0 Å². The Hall–Kier alpha value is -1.37. The Morgan fingerprint density at radius 1 is 1.38 bits per heavy atom. The van der Waals surface area contributed by atoms with Gasteiger partial charge in [-0.3, -0.25) is 4.79 Å². The highest BCUT2D eigenvalue weighted by Gasteiger charge is 2.13. The summed E-state index contributed by atoms with van der Waals surface area (Å²) in [6.45, 7) is 3.91. The van der Waals surface area contributed by atoms with Crippen LogP contribution in [0.15, 0.2) is 34.2 Å². The number of rotatable bonds is 5. The maximum absolute atomic E-state index is 11.7. The van der Waals surface area contributed by atoms with Gasteiger partial charge in [0.2, 0.25) is 0 Å². The van der Waals surface area contributed by atoms with Gasteiger partial charge in [0, 0.05) is 24.1 Å². The van der Waals surface area contributed by atoms with Gasteiger partial charge in [0.05, 0.1) is 17.2 Å². The topological polar surface area (TPSA) is 54.6 Å². The van der Waals surface area contributed by atoms with Crippen LogP contribution >= 0.6 is 23.1 Å². The average Bonchev–Trinajstić information content (AvgIpc) is 2.78. The van der Waals surface area contributed by atoms with Gasteiger partial charge in [0.25, 0.3) is 0 Å². The van der Waals surface area contributed by atoms with Crippen LogP contribution in [-0.2, 0) is 6.54 Å². The second-order valence-electron chi connectivity index (χ2n) is 4.54. The quantitative estimate of drug-likeness (QED) is 0.680. The van der Waals surface area contributed by atoms with E-state index in [0.717, 1.165) is 16.2 Å². The van der Waals surface area contributed by atoms with Gasteiger partial charge < -0.3 is 9.67 Å². The average molecular weight is 322 g/mol. The molecule has 0 radical (unpaired) electrons. The molecule has 0 aliphatic carbocycles. The zero-order chi connectivity index (χ0) is 15.4. The maximum Gasteiger partial charge on any atom is 0.190 e. The number of thioether (sulfide) groups is 1.